The summed E-state index contributed by atoms with van der Waals surface area (Å²) in [7, 11) is 0. The van der Waals surface area contributed by atoms with E-state index in [1.54, 1.807) is 13.8 Å². The molecule has 1 atom stereocenters. The van der Waals surface area contributed by atoms with Crippen molar-refractivity contribution in [2.24, 2.45) is 0 Å². The largest absolute Gasteiger partial charge is 0.450 e. The Bertz CT molecular complexity index is 1100. The van der Waals surface area contributed by atoms with Crippen LogP contribution in [0.15, 0.2) is 30.3 Å². The smallest absolute Gasteiger partial charge is 0.351 e. The summed E-state index contributed by atoms with van der Waals surface area (Å²) in [6, 6.07) is 9.36. The number of aryl methyl sites for hydroxylation is 2. The minimum absolute atomic E-state index is 0.118. The van der Waals surface area contributed by atoms with Gasteiger partial charge in [0.1, 0.15) is 4.88 Å². The monoisotopic (exact) mass is 410 g/mol. The van der Waals surface area contributed by atoms with Crippen LogP contribution in [0.1, 0.15) is 60.6 Å². The van der Waals surface area contributed by atoms with Gasteiger partial charge in [-0.15, -0.1) is 11.3 Å². The van der Waals surface area contributed by atoms with E-state index in [-0.39, 0.29) is 17.3 Å². The lowest BCUT2D eigenvalue weighted by Gasteiger charge is -2.12. The molecule has 6 nitrogen and oxygen atoms in total. The van der Waals surface area contributed by atoms with E-state index in [4.69, 9.17) is 4.74 Å². The molecule has 0 aliphatic rings. The molecule has 1 aromatic carbocycles. The van der Waals surface area contributed by atoms with Crippen LogP contribution in [0.3, 0.4) is 0 Å². The van der Waals surface area contributed by atoms with Crippen LogP contribution < -0.4 is 0 Å². The van der Waals surface area contributed by atoms with E-state index >= 15 is 0 Å². The zero-order valence-electron chi connectivity index (χ0n) is 17.0. The van der Waals surface area contributed by atoms with Crippen LogP contribution in [0.4, 0.5) is 0 Å². The molecule has 0 aliphatic carbocycles. The quantitative estimate of drug-likeness (QED) is 0.470. The van der Waals surface area contributed by atoms with Crippen molar-refractivity contribution in [2.75, 3.05) is 0 Å². The standard InChI is InChI=1S/C22H22N2O4S/c1-11-17(13(3)25)12(2)23-18(11)20(26)14(4)28-22(27)21-19(24-15(5)29-21)16-9-7-6-8-10-16/h6-10,14,23H,1-5H3/t14-/m1/s1. The molecule has 0 aliphatic heterocycles. The van der Waals surface area contributed by atoms with Gasteiger partial charge in [-0.25, -0.2) is 9.78 Å². The predicted octanol–water partition coefficient (Wildman–Crippen LogP) is 4.69. The summed E-state index contributed by atoms with van der Waals surface area (Å²) in [6.45, 7) is 8.25. The van der Waals surface area contributed by atoms with Crippen molar-refractivity contribution in [1.82, 2.24) is 9.97 Å². The Kier molecular flexibility index (Phi) is 5.79. The second kappa shape index (κ2) is 8.13. The van der Waals surface area contributed by atoms with E-state index in [9.17, 15) is 14.4 Å². The molecule has 0 bridgehead atoms. The van der Waals surface area contributed by atoms with E-state index in [2.05, 4.69) is 9.97 Å². The summed E-state index contributed by atoms with van der Waals surface area (Å²) in [6.07, 6.45) is -1.01. The lowest BCUT2D eigenvalue weighted by atomic mass is 10.0. The molecule has 0 radical (unpaired) electrons. The third kappa shape index (κ3) is 4.05. The molecule has 0 fully saturated rings. The number of ether oxygens (including phenoxy) is 1. The van der Waals surface area contributed by atoms with E-state index in [1.165, 1.54) is 25.2 Å². The number of aromatic amines is 1. The fourth-order valence-electron chi connectivity index (χ4n) is 3.35. The number of nitrogens with one attached hydrogen (secondary N) is 1. The highest BCUT2D eigenvalue weighted by Gasteiger charge is 2.28. The second-order valence-corrected chi connectivity index (χ2v) is 8.07. The first-order valence-corrected chi connectivity index (χ1v) is 10.0. The highest BCUT2D eigenvalue weighted by molar-refractivity contribution is 7.14. The molecule has 150 valence electrons. The molecule has 1 N–H and O–H groups in total. The number of ketones is 2. The summed E-state index contributed by atoms with van der Waals surface area (Å²) in [4.78, 5) is 45.2. The molecular weight excluding hydrogens is 388 g/mol. The van der Waals surface area contributed by atoms with Gasteiger partial charge in [0.2, 0.25) is 5.78 Å². The van der Waals surface area contributed by atoms with Gasteiger partial charge in [-0.2, -0.15) is 0 Å². The topological polar surface area (TPSA) is 89.1 Å². The van der Waals surface area contributed by atoms with Gasteiger partial charge in [0.25, 0.3) is 0 Å². The Morgan fingerprint density at radius 3 is 2.34 bits per heavy atom. The van der Waals surface area contributed by atoms with Gasteiger partial charge >= 0.3 is 5.97 Å². The molecule has 0 spiro atoms. The second-order valence-electron chi connectivity index (χ2n) is 6.87. The van der Waals surface area contributed by atoms with E-state index in [0.29, 0.717) is 27.4 Å². The number of benzene rings is 1. The minimum Gasteiger partial charge on any atom is -0.450 e. The number of aromatic nitrogens is 2. The van der Waals surface area contributed by atoms with Crippen molar-refractivity contribution in [1.29, 1.82) is 0 Å². The first-order valence-electron chi connectivity index (χ1n) is 9.18. The Balaban J connectivity index is 1.85. The fourth-order valence-corrected chi connectivity index (χ4v) is 4.18. The molecule has 3 aromatic rings. The van der Waals surface area contributed by atoms with Crippen molar-refractivity contribution in [3.63, 3.8) is 0 Å². The van der Waals surface area contributed by atoms with Crippen molar-refractivity contribution in [3.05, 3.63) is 62.7 Å². The highest BCUT2D eigenvalue weighted by atomic mass is 32.1. The van der Waals surface area contributed by atoms with E-state index in [1.807, 2.05) is 37.3 Å². The molecule has 29 heavy (non-hydrogen) atoms. The molecule has 0 saturated carbocycles. The van der Waals surface area contributed by atoms with Crippen molar-refractivity contribution >= 4 is 28.9 Å². The molecule has 0 amide bonds. The summed E-state index contributed by atoms with van der Waals surface area (Å²) < 4.78 is 5.47. The minimum atomic E-state index is -1.01. The van der Waals surface area contributed by atoms with Crippen LogP contribution in [0.25, 0.3) is 11.3 Å². The first-order chi connectivity index (χ1) is 13.7. The molecule has 0 unspecified atom stereocenters. The van der Waals surface area contributed by atoms with Crippen LogP contribution in [0, 0.1) is 20.8 Å². The van der Waals surface area contributed by atoms with Crippen molar-refractivity contribution < 1.29 is 19.1 Å². The van der Waals surface area contributed by atoms with Gasteiger partial charge in [0.15, 0.2) is 11.9 Å². The highest BCUT2D eigenvalue weighted by Crippen LogP contribution is 2.29. The van der Waals surface area contributed by atoms with Crippen molar-refractivity contribution in [3.8, 4) is 11.3 Å². The molecule has 2 aromatic heterocycles. The summed E-state index contributed by atoms with van der Waals surface area (Å²) in [5.74, 6) is -1.09. The number of rotatable bonds is 6. The van der Waals surface area contributed by atoms with Gasteiger partial charge in [0, 0.05) is 16.8 Å². The first kappa shape index (κ1) is 20.7. The number of nitrogens with zero attached hydrogens (tertiary/aromatic N) is 1. The van der Waals surface area contributed by atoms with Crippen LogP contribution in [0.5, 0.6) is 0 Å². The lowest BCUT2D eigenvalue weighted by Crippen LogP contribution is -2.25. The van der Waals surface area contributed by atoms with Crippen molar-refractivity contribution in [2.45, 2.75) is 40.7 Å². The van der Waals surface area contributed by atoms with Crippen LogP contribution >= 0.6 is 11.3 Å². The van der Waals surface area contributed by atoms with Gasteiger partial charge in [-0.3, -0.25) is 9.59 Å². The Labute approximate surface area is 172 Å². The van der Waals surface area contributed by atoms with Crippen LogP contribution in [0.2, 0.25) is 0 Å². The summed E-state index contributed by atoms with van der Waals surface area (Å²) in [5.41, 5.74) is 3.34. The number of esters is 1. The number of carbonyl (C=O) groups excluding carboxylic acids is 3. The Morgan fingerprint density at radius 1 is 1.10 bits per heavy atom. The van der Waals surface area contributed by atoms with Gasteiger partial charge in [-0.05, 0) is 40.2 Å². The summed E-state index contributed by atoms with van der Waals surface area (Å²) >= 11 is 1.23. The number of H-pyrrole nitrogens is 1. The maximum absolute atomic E-state index is 12.8. The average Bonchev–Trinajstić information content (AvgIpc) is 3.21. The van der Waals surface area contributed by atoms with E-state index < -0.39 is 12.1 Å². The number of thiazole rings is 1. The molecule has 3 rings (SSSR count). The van der Waals surface area contributed by atoms with Crippen LogP contribution in [-0.4, -0.2) is 33.6 Å². The maximum atomic E-state index is 12.8. The number of carbonyl (C=O) groups is 3. The van der Waals surface area contributed by atoms with Gasteiger partial charge < -0.3 is 9.72 Å². The predicted molar refractivity (Wildman–Crippen MR) is 112 cm³/mol. The molecule has 0 saturated heterocycles. The Hall–Kier alpha value is -3.06. The number of hydrogen-bond donors (Lipinski definition) is 1. The number of hydrogen-bond acceptors (Lipinski definition) is 6. The maximum Gasteiger partial charge on any atom is 0.351 e. The van der Waals surface area contributed by atoms with Gasteiger partial charge in [0.05, 0.1) is 16.4 Å². The third-order valence-corrected chi connectivity index (χ3v) is 5.61. The zero-order valence-corrected chi connectivity index (χ0v) is 17.8. The third-order valence-electron chi connectivity index (χ3n) is 4.66. The zero-order chi connectivity index (χ0) is 21.3. The lowest BCUT2D eigenvalue weighted by molar-refractivity contribution is 0.0322. The molecule has 2 heterocycles. The van der Waals surface area contributed by atoms with E-state index in [0.717, 1.165) is 10.6 Å². The molecular formula is C22H22N2O4S. The molecule has 7 heteroatoms. The van der Waals surface area contributed by atoms with Crippen LogP contribution in [-0.2, 0) is 4.74 Å². The SMILES string of the molecule is CC(=O)c1c(C)[nH]c(C(=O)[C@@H](C)OC(=O)c2sc(C)nc2-c2ccccc2)c1C. The fraction of sp³-hybridized carbons (Fsp3) is 0.273. The normalized spacial score (nSPS) is 11.9. The Morgan fingerprint density at radius 2 is 1.76 bits per heavy atom. The number of Topliss-reactive ketones (excluding diaryl/α,β-unsaturated/α-hetero) is 2. The van der Waals surface area contributed by atoms with Gasteiger partial charge in [-0.1, -0.05) is 30.3 Å². The average molecular weight is 410 g/mol. The summed E-state index contributed by atoms with van der Waals surface area (Å²) in [5, 5.41) is 0.733.